The fourth-order valence-electron chi connectivity index (χ4n) is 3.57. The van der Waals surface area contributed by atoms with Gasteiger partial charge in [-0.05, 0) is 41.8 Å². The Morgan fingerprint density at radius 2 is 1.57 bits per heavy atom. The summed E-state index contributed by atoms with van der Waals surface area (Å²) in [5.74, 6) is -6.69. The SMILES string of the molecule is COc1ccc([C@H](NC(=O)[C@H](CC(N)=O)NC(=O)c2cccc(Cl)c2)C(=O)N[C@H](C(=O)C(F)(F)F)C(C)C)cc1. The van der Waals surface area contributed by atoms with Gasteiger partial charge in [0.1, 0.15) is 17.8 Å². The number of halogens is 4. The number of hydrogen-bond acceptors (Lipinski definition) is 6. The number of hydrogen-bond donors (Lipinski definition) is 4. The van der Waals surface area contributed by atoms with Crippen LogP contribution in [0, 0.1) is 5.92 Å². The molecular weight excluding hydrogens is 557 g/mol. The van der Waals surface area contributed by atoms with Crippen molar-refractivity contribution in [2.75, 3.05) is 7.11 Å². The van der Waals surface area contributed by atoms with Crippen molar-refractivity contribution < 1.29 is 41.9 Å². The van der Waals surface area contributed by atoms with Crippen LogP contribution in [0.5, 0.6) is 5.75 Å². The van der Waals surface area contributed by atoms with Gasteiger partial charge in [0, 0.05) is 10.6 Å². The van der Waals surface area contributed by atoms with E-state index in [0.29, 0.717) is 5.75 Å². The van der Waals surface area contributed by atoms with E-state index in [1.54, 1.807) is 0 Å². The zero-order valence-electron chi connectivity index (χ0n) is 21.7. The first-order chi connectivity index (χ1) is 18.6. The first-order valence-electron chi connectivity index (χ1n) is 11.8. The van der Waals surface area contributed by atoms with E-state index in [1.807, 2.05) is 0 Å². The van der Waals surface area contributed by atoms with Crippen LogP contribution in [0.2, 0.25) is 5.02 Å². The molecule has 0 aromatic heterocycles. The van der Waals surface area contributed by atoms with Gasteiger partial charge in [-0.15, -0.1) is 0 Å². The molecule has 2 aromatic rings. The van der Waals surface area contributed by atoms with Crippen molar-refractivity contribution in [3.8, 4) is 5.75 Å². The topological polar surface area (TPSA) is 157 Å². The summed E-state index contributed by atoms with van der Waals surface area (Å²) < 4.78 is 44.6. The van der Waals surface area contributed by atoms with Crippen LogP contribution >= 0.6 is 11.6 Å². The molecular formula is C26H28ClF3N4O6. The summed E-state index contributed by atoms with van der Waals surface area (Å²) in [5.41, 5.74) is 5.41. The molecule has 0 spiro atoms. The minimum absolute atomic E-state index is 0.0599. The average molecular weight is 585 g/mol. The minimum Gasteiger partial charge on any atom is -0.497 e. The smallest absolute Gasteiger partial charge is 0.452 e. The van der Waals surface area contributed by atoms with Crippen LogP contribution in [0.3, 0.4) is 0 Å². The molecule has 2 rings (SSSR count). The molecule has 0 aliphatic rings. The molecule has 2 aromatic carbocycles. The van der Waals surface area contributed by atoms with Crippen molar-refractivity contribution in [1.29, 1.82) is 0 Å². The van der Waals surface area contributed by atoms with Crippen LogP contribution in [0.25, 0.3) is 0 Å². The number of amides is 4. The molecule has 3 atom stereocenters. The maximum atomic E-state index is 13.2. The van der Waals surface area contributed by atoms with E-state index < -0.39 is 66.1 Å². The van der Waals surface area contributed by atoms with Crippen molar-refractivity contribution in [2.45, 2.75) is 44.6 Å². The summed E-state index contributed by atoms with van der Waals surface area (Å²) in [6.45, 7) is 2.62. The number of primary amides is 1. The zero-order valence-corrected chi connectivity index (χ0v) is 22.4. The van der Waals surface area contributed by atoms with Gasteiger partial charge < -0.3 is 26.4 Å². The number of rotatable bonds is 12. The molecule has 216 valence electrons. The van der Waals surface area contributed by atoms with Gasteiger partial charge in [0.2, 0.25) is 17.7 Å². The molecule has 0 fully saturated rings. The van der Waals surface area contributed by atoms with E-state index in [2.05, 4.69) is 16.0 Å². The van der Waals surface area contributed by atoms with Crippen LogP contribution in [0.1, 0.15) is 42.2 Å². The fraction of sp³-hybridized carbons (Fsp3) is 0.346. The quantitative estimate of drug-likeness (QED) is 0.300. The second-order valence-corrected chi connectivity index (χ2v) is 9.45. The highest BCUT2D eigenvalue weighted by molar-refractivity contribution is 6.31. The molecule has 0 heterocycles. The Morgan fingerprint density at radius 3 is 2.08 bits per heavy atom. The Labute approximate surface area is 232 Å². The summed E-state index contributed by atoms with van der Waals surface area (Å²) in [5, 5.41) is 6.96. The van der Waals surface area contributed by atoms with E-state index >= 15 is 0 Å². The second kappa shape index (κ2) is 13.8. The largest absolute Gasteiger partial charge is 0.497 e. The van der Waals surface area contributed by atoms with Crippen molar-refractivity contribution in [1.82, 2.24) is 16.0 Å². The lowest BCUT2D eigenvalue weighted by molar-refractivity contribution is -0.175. The number of alkyl halides is 3. The van der Waals surface area contributed by atoms with Crippen molar-refractivity contribution in [2.24, 2.45) is 11.7 Å². The first kappa shape index (κ1) is 32.1. The molecule has 10 nitrogen and oxygen atoms in total. The Bertz CT molecular complexity index is 1250. The third-order valence-electron chi connectivity index (χ3n) is 5.64. The Kier molecular flexibility index (Phi) is 11.1. The lowest BCUT2D eigenvalue weighted by Gasteiger charge is -2.27. The van der Waals surface area contributed by atoms with Gasteiger partial charge in [-0.2, -0.15) is 13.2 Å². The molecule has 0 saturated carbocycles. The number of ether oxygens (including phenoxy) is 1. The van der Waals surface area contributed by atoms with Crippen LogP contribution in [0.15, 0.2) is 48.5 Å². The highest BCUT2D eigenvalue weighted by atomic mass is 35.5. The zero-order chi connectivity index (χ0) is 30.2. The van der Waals surface area contributed by atoms with Crippen molar-refractivity contribution in [3.63, 3.8) is 0 Å². The molecule has 0 aliphatic heterocycles. The van der Waals surface area contributed by atoms with E-state index in [4.69, 9.17) is 22.1 Å². The number of nitrogens with two attached hydrogens (primary N) is 1. The van der Waals surface area contributed by atoms with Gasteiger partial charge >= 0.3 is 6.18 Å². The molecule has 0 saturated heterocycles. The maximum absolute atomic E-state index is 13.2. The summed E-state index contributed by atoms with van der Waals surface area (Å²) in [4.78, 5) is 62.8. The molecule has 40 heavy (non-hydrogen) atoms. The second-order valence-electron chi connectivity index (χ2n) is 9.01. The van der Waals surface area contributed by atoms with Gasteiger partial charge in [0.05, 0.1) is 19.6 Å². The molecule has 0 bridgehead atoms. The molecule has 4 amide bonds. The number of carbonyl (C=O) groups is 5. The van der Waals surface area contributed by atoms with E-state index in [-0.39, 0.29) is 16.1 Å². The van der Waals surface area contributed by atoms with Gasteiger partial charge in [-0.25, -0.2) is 0 Å². The lowest BCUT2D eigenvalue weighted by Crippen LogP contribution is -2.55. The van der Waals surface area contributed by atoms with Gasteiger partial charge in [0.15, 0.2) is 0 Å². The normalized spacial score (nSPS) is 13.5. The average Bonchev–Trinajstić information content (AvgIpc) is 2.88. The standard InChI is InChI=1S/C26H28ClF3N4O6/c1-13(2)20(22(36)26(28,29)30)33-25(39)21(14-7-9-17(40-3)10-8-14)34-24(38)18(12-19(31)35)32-23(37)15-5-4-6-16(27)11-15/h4-11,13,18,20-21H,12H2,1-3H3,(H2,31,35)(H,32,37)(H,33,39)(H,34,38)/t18-,20-,21-/m0/s1. The predicted octanol–water partition coefficient (Wildman–Crippen LogP) is 2.45. The fourth-order valence-corrected chi connectivity index (χ4v) is 3.76. The third kappa shape index (κ3) is 8.97. The highest BCUT2D eigenvalue weighted by Gasteiger charge is 2.45. The molecule has 0 radical (unpaired) electrons. The Hall–Kier alpha value is -4.13. The maximum Gasteiger partial charge on any atom is 0.452 e. The molecule has 0 unspecified atom stereocenters. The number of ketones is 1. The summed E-state index contributed by atoms with van der Waals surface area (Å²) in [6.07, 6.45) is -5.89. The summed E-state index contributed by atoms with van der Waals surface area (Å²) in [7, 11) is 1.38. The van der Waals surface area contributed by atoms with Crippen molar-refractivity contribution in [3.05, 3.63) is 64.7 Å². The molecule has 5 N–H and O–H groups in total. The minimum atomic E-state index is -5.22. The number of Topliss-reactive ketones (excluding diaryl/α,β-unsaturated/α-hetero) is 1. The van der Waals surface area contributed by atoms with Crippen LogP contribution in [-0.2, 0) is 19.2 Å². The number of nitrogens with one attached hydrogen (secondary N) is 3. The number of methoxy groups -OCH3 is 1. The van der Waals surface area contributed by atoms with Crippen LogP contribution in [0.4, 0.5) is 13.2 Å². The van der Waals surface area contributed by atoms with Crippen LogP contribution < -0.4 is 26.4 Å². The predicted molar refractivity (Wildman–Crippen MR) is 138 cm³/mol. The summed E-state index contributed by atoms with van der Waals surface area (Å²) >= 11 is 5.90. The molecule has 0 aliphatic carbocycles. The van der Waals surface area contributed by atoms with E-state index in [1.165, 1.54) is 69.5 Å². The first-order valence-corrected chi connectivity index (χ1v) is 12.2. The van der Waals surface area contributed by atoms with Crippen molar-refractivity contribution >= 4 is 41.0 Å². The lowest BCUT2D eigenvalue weighted by atomic mass is 9.97. The highest BCUT2D eigenvalue weighted by Crippen LogP contribution is 2.23. The van der Waals surface area contributed by atoms with Gasteiger partial charge in [0.25, 0.3) is 11.7 Å². The van der Waals surface area contributed by atoms with E-state index in [9.17, 15) is 37.1 Å². The van der Waals surface area contributed by atoms with Gasteiger partial charge in [-0.1, -0.05) is 43.6 Å². The number of carbonyl (C=O) groups excluding carboxylic acids is 5. The Morgan fingerprint density at radius 1 is 0.950 bits per heavy atom. The third-order valence-corrected chi connectivity index (χ3v) is 5.87. The van der Waals surface area contributed by atoms with Gasteiger partial charge in [-0.3, -0.25) is 24.0 Å². The summed E-state index contributed by atoms with van der Waals surface area (Å²) in [6, 6.07) is 6.15. The Balaban J connectivity index is 2.40. The number of benzene rings is 2. The monoisotopic (exact) mass is 584 g/mol. The van der Waals surface area contributed by atoms with Crippen LogP contribution in [-0.4, -0.2) is 54.8 Å². The molecule has 14 heteroatoms. The van der Waals surface area contributed by atoms with E-state index in [0.717, 1.165) is 0 Å².